The van der Waals surface area contributed by atoms with Crippen molar-refractivity contribution >= 4 is 15.9 Å². The van der Waals surface area contributed by atoms with Crippen LogP contribution in [0.2, 0.25) is 0 Å². The van der Waals surface area contributed by atoms with Crippen LogP contribution < -0.4 is 0 Å². The van der Waals surface area contributed by atoms with Gasteiger partial charge in [0.05, 0.1) is 11.9 Å². The minimum atomic E-state index is 0.781. The molecule has 0 amide bonds. The normalized spacial score (nSPS) is 8.00. The second-order valence-corrected chi connectivity index (χ2v) is 2.29. The molecule has 2 nitrogen and oxygen atoms in total. The lowest BCUT2D eigenvalue weighted by Gasteiger charge is -1.87. The average Bonchev–Trinajstić information content (AvgIpc) is 2.00. The summed E-state index contributed by atoms with van der Waals surface area (Å²) < 4.78 is 0.781. The Bertz CT molecular complexity index is 150. The highest BCUT2D eigenvalue weighted by Gasteiger charge is 1.84. The molecule has 0 aliphatic heterocycles. The zero-order valence-corrected chi connectivity index (χ0v) is 8.01. The minimum absolute atomic E-state index is 0.781. The van der Waals surface area contributed by atoms with E-state index >= 15 is 0 Å². The fourth-order valence-corrected chi connectivity index (χ4v) is 0.582. The van der Waals surface area contributed by atoms with Gasteiger partial charge in [-0.25, -0.2) is 4.98 Å². The summed E-state index contributed by atoms with van der Waals surface area (Å²) in [5.41, 5.74) is 0.938. The van der Waals surface area contributed by atoms with Gasteiger partial charge >= 0.3 is 0 Å². The van der Waals surface area contributed by atoms with E-state index in [0.29, 0.717) is 0 Å². The third-order valence-electron chi connectivity index (χ3n) is 0.749. The van der Waals surface area contributed by atoms with Crippen molar-refractivity contribution in [1.29, 1.82) is 0 Å². The van der Waals surface area contributed by atoms with Gasteiger partial charge in [0.25, 0.3) is 0 Å². The Hall–Kier alpha value is -0.440. The molecule has 3 heteroatoms. The Labute approximate surface area is 69.8 Å². The van der Waals surface area contributed by atoms with Gasteiger partial charge in [-0.05, 0) is 22.9 Å². The maximum absolute atomic E-state index is 3.97. The highest BCUT2D eigenvalue weighted by Crippen LogP contribution is 2.00. The van der Waals surface area contributed by atoms with Crippen LogP contribution >= 0.6 is 15.9 Å². The number of aryl methyl sites for hydroxylation is 1. The second kappa shape index (κ2) is 5.35. The molecule has 1 aromatic rings. The third kappa shape index (κ3) is 3.56. The highest BCUT2D eigenvalue weighted by atomic mass is 79.9. The molecule has 0 spiro atoms. The average molecular weight is 203 g/mol. The van der Waals surface area contributed by atoms with E-state index in [0.717, 1.165) is 10.3 Å². The Morgan fingerprint density at radius 1 is 1.20 bits per heavy atom. The largest absolute Gasteiger partial charge is 0.257 e. The Morgan fingerprint density at radius 3 is 2.10 bits per heavy atom. The van der Waals surface area contributed by atoms with Crippen molar-refractivity contribution in [2.75, 3.05) is 0 Å². The van der Waals surface area contributed by atoms with Crippen LogP contribution in [-0.4, -0.2) is 9.97 Å². The molecule has 1 heterocycles. The fourth-order valence-electron chi connectivity index (χ4n) is 0.377. The topological polar surface area (TPSA) is 25.8 Å². The van der Waals surface area contributed by atoms with Crippen LogP contribution in [0.5, 0.6) is 0 Å². The Morgan fingerprint density at radius 2 is 1.80 bits per heavy atom. The van der Waals surface area contributed by atoms with E-state index in [1.165, 1.54) is 0 Å². The maximum atomic E-state index is 3.97. The van der Waals surface area contributed by atoms with E-state index in [1.807, 2.05) is 20.8 Å². The molecule has 0 saturated carbocycles. The number of nitrogens with zero attached hydrogens (tertiary/aromatic N) is 2. The summed E-state index contributed by atoms with van der Waals surface area (Å²) in [4.78, 5) is 7.90. The van der Waals surface area contributed by atoms with Crippen LogP contribution in [0.3, 0.4) is 0 Å². The zero-order chi connectivity index (χ0) is 7.98. The van der Waals surface area contributed by atoms with Gasteiger partial charge in [-0.1, -0.05) is 13.8 Å². The third-order valence-corrected chi connectivity index (χ3v) is 1.16. The van der Waals surface area contributed by atoms with Crippen molar-refractivity contribution < 1.29 is 0 Å². The summed E-state index contributed by atoms with van der Waals surface area (Å²) in [6.45, 7) is 5.90. The van der Waals surface area contributed by atoms with Gasteiger partial charge in [0.15, 0.2) is 0 Å². The number of halogens is 1. The molecule has 0 radical (unpaired) electrons. The van der Waals surface area contributed by atoms with Gasteiger partial charge in [0.1, 0.15) is 4.60 Å². The Kier molecular flexibility index (Phi) is 5.12. The molecule has 0 aliphatic carbocycles. The van der Waals surface area contributed by atoms with Crippen molar-refractivity contribution in [2.24, 2.45) is 0 Å². The van der Waals surface area contributed by atoms with Gasteiger partial charge < -0.3 is 0 Å². The molecule has 0 atom stereocenters. The predicted molar refractivity (Wildman–Crippen MR) is 45.8 cm³/mol. The highest BCUT2D eigenvalue weighted by molar-refractivity contribution is 9.10. The lowest BCUT2D eigenvalue weighted by Crippen LogP contribution is -1.81. The summed E-state index contributed by atoms with van der Waals surface area (Å²) in [6.07, 6.45) is 3.39. The van der Waals surface area contributed by atoms with E-state index in [2.05, 4.69) is 25.9 Å². The van der Waals surface area contributed by atoms with E-state index in [1.54, 1.807) is 12.4 Å². The van der Waals surface area contributed by atoms with Crippen molar-refractivity contribution in [3.05, 3.63) is 22.7 Å². The van der Waals surface area contributed by atoms with Crippen LogP contribution in [-0.2, 0) is 0 Å². The van der Waals surface area contributed by atoms with E-state index in [4.69, 9.17) is 0 Å². The summed E-state index contributed by atoms with van der Waals surface area (Å²) in [5, 5.41) is 0. The summed E-state index contributed by atoms with van der Waals surface area (Å²) in [6, 6.07) is 0. The first-order valence-electron chi connectivity index (χ1n) is 3.23. The first-order chi connectivity index (χ1) is 4.79. The van der Waals surface area contributed by atoms with Gasteiger partial charge in [-0.15, -0.1) is 0 Å². The van der Waals surface area contributed by atoms with Crippen molar-refractivity contribution in [3.8, 4) is 0 Å². The lowest BCUT2D eigenvalue weighted by atomic mass is 10.5. The molecular formula is C7H11BrN2. The van der Waals surface area contributed by atoms with Crippen molar-refractivity contribution in [2.45, 2.75) is 20.8 Å². The van der Waals surface area contributed by atoms with Gasteiger partial charge in [0.2, 0.25) is 0 Å². The molecule has 56 valence electrons. The standard InChI is InChI=1S/C5H5BrN2.C2H6/c1-4-2-8-5(6)3-7-4;1-2/h2-3H,1H3;1-2H3. The van der Waals surface area contributed by atoms with E-state index in [9.17, 15) is 0 Å². The predicted octanol–water partition coefficient (Wildman–Crippen LogP) is 2.57. The van der Waals surface area contributed by atoms with Crippen LogP contribution in [0.15, 0.2) is 17.0 Å². The first kappa shape index (κ1) is 9.56. The van der Waals surface area contributed by atoms with Crippen LogP contribution in [0.4, 0.5) is 0 Å². The van der Waals surface area contributed by atoms with Crippen molar-refractivity contribution in [3.63, 3.8) is 0 Å². The van der Waals surface area contributed by atoms with Gasteiger partial charge in [-0.2, -0.15) is 0 Å². The molecule has 0 bridgehead atoms. The number of aromatic nitrogens is 2. The van der Waals surface area contributed by atoms with Gasteiger partial charge in [0, 0.05) is 6.20 Å². The maximum Gasteiger partial charge on any atom is 0.124 e. The van der Waals surface area contributed by atoms with Crippen LogP contribution in [0.1, 0.15) is 19.5 Å². The molecule has 1 aromatic heterocycles. The molecule has 0 fully saturated rings. The van der Waals surface area contributed by atoms with Crippen LogP contribution in [0, 0.1) is 6.92 Å². The zero-order valence-electron chi connectivity index (χ0n) is 6.43. The summed E-state index contributed by atoms with van der Waals surface area (Å²) in [5.74, 6) is 0. The molecule has 0 aromatic carbocycles. The molecule has 10 heavy (non-hydrogen) atoms. The first-order valence-corrected chi connectivity index (χ1v) is 4.02. The lowest BCUT2D eigenvalue weighted by molar-refractivity contribution is 1.09. The van der Waals surface area contributed by atoms with Gasteiger partial charge in [-0.3, -0.25) is 4.98 Å². The fraction of sp³-hybridized carbons (Fsp3) is 0.429. The molecule has 0 N–H and O–H groups in total. The second-order valence-electron chi connectivity index (χ2n) is 1.48. The number of rotatable bonds is 0. The summed E-state index contributed by atoms with van der Waals surface area (Å²) in [7, 11) is 0. The Balaban J connectivity index is 0.000000371. The molecule has 0 unspecified atom stereocenters. The van der Waals surface area contributed by atoms with Crippen LogP contribution in [0.25, 0.3) is 0 Å². The quantitative estimate of drug-likeness (QED) is 0.647. The van der Waals surface area contributed by atoms with E-state index in [-0.39, 0.29) is 0 Å². The van der Waals surface area contributed by atoms with Crippen molar-refractivity contribution in [1.82, 2.24) is 9.97 Å². The number of hydrogen-bond acceptors (Lipinski definition) is 2. The smallest absolute Gasteiger partial charge is 0.124 e. The summed E-state index contributed by atoms with van der Waals surface area (Å²) >= 11 is 3.17. The molecular weight excluding hydrogens is 192 g/mol. The molecule has 0 saturated heterocycles. The monoisotopic (exact) mass is 202 g/mol. The molecule has 0 aliphatic rings. The number of hydrogen-bond donors (Lipinski definition) is 0. The van der Waals surface area contributed by atoms with E-state index < -0.39 is 0 Å². The minimum Gasteiger partial charge on any atom is -0.257 e. The molecule has 1 rings (SSSR count). The SMILES string of the molecule is CC.Cc1cnc(Br)cn1.